The maximum atomic E-state index is 12.0. The first-order valence-corrected chi connectivity index (χ1v) is 7.38. The van der Waals surface area contributed by atoms with Gasteiger partial charge in [-0.2, -0.15) is 0 Å². The second-order valence-electron chi connectivity index (χ2n) is 6.73. The zero-order valence-corrected chi connectivity index (χ0v) is 12.4. The molecule has 6 nitrogen and oxygen atoms in total. The van der Waals surface area contributed by atoms with Gasteiger partial charge in [0.05, 0.1) is 19.1 Å². The summed E-state index contributed by atoms with van der Waals surface area (Å²) < 4.78 is 11.3. The lowest BCUT2D eigenvalue weighted by molar-refractivity contribution is 0.0271. The fourth-order valence-corrected chi connectivity index (χ4v) is 2.89. The Bertz CT molecular complexity index is 424. The monoisotopic (exact) mass is 281 g/mol. The molecule has 3 rings (SSSR count). The Morgan fingerprint density at radius 2 is 2.25 bits per heavy atom. The van der Waals surface area contributed by atoms with E-state index in [1.54, 1.807) is 4.90 Å². The molecule has 2 saturated heterocycles. The minimum absolute atomic E-state index is 0.0000756. The van der Waals surface area contributed by atoms with E-state index in [0.29, 0.717) is 13.1 Å². The molecule has 3 aliphatic rings. The van der Waals surface area contributed by atoms with E-state index in [1.807, 2.05) is 20.8 Å². The summed E-state index contributed by atoms with van der Waals surface area (Å²) in [6, 6.07) is 0.343. The molecule has 112 valence electrons. The summed E-state index contributed by atoms with van der Waals surface area (Å²) >= 11 is 0. The molecule has 2 fully saturated rings. The molecule has 0 saturated carbocycles. The van der Waals surface area contributed by atoms with Gasteiger partial charge in [-0.1, -0.05) is 0 Å². The fourth-order valence-electron chi connectivity index (χ4n) is 2.89. The van der Waals surface area contributed by atoms with Crippen LogP contribution in [0.25, 0.3) is 0 Å². The maximum absolute atomic E-state index is 12.0. The quantitative estimate of drug-likeness (QED) is 0.783. The lowest BCUT2D eigenvalue weighted by Gasteiger charge is -2.24. The van der Waals surface area contributed by atoms with E-state index in [-0.39, 0.29) is 24.3 Å². The molecule has 0 radical (unpaired) electrons. The van der Waals surface area contributed by atoms with Crippen molar-refractivity contribution in [3.8, 4) is 0 Å². The number of amides is 1. The summed E-state index contributed by atoms with van der Waals surface area (Å²) in [5.74, 6) is 0.835. The van der Waals surface area contributed by atoms with E-state index in [1.165, 1.54) is 6.42 Å². The topological polar surface area (TPSA) is 63.2 Å². The maximum Gasteiger partial charge on any atom is 0.410 e. The Balaban J connectivity index is 1.58. The molecule has 6 heteroatoms. The van der Waals surface area contributed by atoms with Crippen LogP contribution in [0.1, 0.15) is 33.6 Å². The van der Waals surface area contributed by atoms with Crippen LogP contribution in [0.3, 0.4) is 0 Å². The molecule has 3 atom stereocenters. The second kappa shape index (κ2) is 4.91. The SMILES string of the molecule is CC(C)(C)OC(=O)N1CC2N=C(C3CCCN3)OC2C1. The summed E-state index contributed by atoms with van der Waals surface area (Å²) in [5.41, 5.74) is -0.460. The minimum atomic E-state index is -0.460. The van der Waals surface area contributed by atoms with Crippen LogP contribution in [0.15, 0.2) is 4.99 Å². The van der Waals surface area contributed by atoms with Crippen LogP contribution < -0.4 is 5.32 Å². The predicted octanol–water partition coefficient (Wildman–Crippen LogP) is 1.15. The van der Waals surface area contributed by atoms with E-state index in [9.17, 15) is 4.79 Å². The minimum Gasteiger partial charge on any atom is -0.472 e. The number of carbonyl (C=O) groups excluding carboxylic acids is 1. The highest BCUT2D eigenvalue weighted by Gasteiger charge is 2.44. The summed E-state index contributed by atoms with van der Waals surface area (Å²) in [4.78, 5) is 18.4. The molecular weight excluding hydrogens is 258 g/mol. The van der Waals surface area contributed by atoms with E-state index in [4.69, 9.17) is 9.47 Å². The van der Waals surface area contributed by atoms with Crippen molar-refractivity contribution >= 4 is 12.0 Å². The number of nitrogens with one attached hydrogen (secondary N) is 1. The Kier molecular flexibility index (Phi) is 3.36. The van der Waals surface area contributed by atoms with Crippen molar-refractivity contribution in [2.75, 3.05) is 19.6 Å². The molecule has 0 aromatic carbocycles. The van der Waals surface area contributed by atoms with E-state index >= 15 is 0 Å². The number of hydrogen-bond acceptors (Lipinski definition) is 5. The first kappa shape index (κ1) is 13.7. The molecule has 3 aliphatic heterocycles. The van der Waals surface area contributed by atoms with Crippen molar-refractivity contribution in [3.63, 3.8) is 0 Å². The third kappa shape index (κ3) is 2.75. The molecule has 20 heavy (non-hydrogen) atoms. The molecule has 1 N–H and O–H groups in total. The number of fused-ring (bicyclic) bond motifs is 1. The number of aliphatic imine (C=N–C) groups is 1. The van der Waals surface area contributed by atoms with E-state index in [0.717, 1.165) is 18.9 Å². The number of ether oxygens (including phenoxy) is 2. The van der Waals surface area contributed by atoms with Crippen molar-refractivity contribution in [1.29, 1.82) is 0 Å². The Labute approximate surface area is 119 Å². The molecule has 0 aliphatic carbocycles. The van der Waals surface area contributed by atoms with Gasteiger partial charge in [0.1, 0.15) is 17.7 Å². The normalized spacial score (nSPS) is 32.9. The molecule has 0 aromatic rings. The standard InChI is InChI=1S/C14H23N3O3/c1-14(2,3)20-13(18)17-7-10-11(8-17)19-12(16-10)9-5-4-6-15-9/h9-11,15H,4-8H2,1-3H3. The van der Waals surface area contributed by atoms with Crippen LogP contribution in [-0.4, -0.2) is 60.3 Å². The third-order valence-corrected chi connectivity index (χ3v) is 3.81. The van der Waals surface area contributed by atoms with E-state index < -0.39 is 5.60 Å². The van der Waals surface area contributed by atoms with Gasteiger partial charge in [-0.25, -0.2) is 9.79 Å². The highest BCUT2D eigenvalue weighted by atomic mass is 16.6. The molecule has 3 unspecified atom stereocenters. The van der Waals surface area contributed by atoms with Crippen molar-refractivity contribution in [2.45, 2.75) is 57.4 Å². The van der Waals surface area contributed by atoms with Crippen LogP contribution >= 0.6 is 0 Å². The summed E-state index contributed by atoms with van der Waals surface area (Å²) in [6.45, 7) is 7.82. The first-order chi connectivity index (χ1) is 9.42. The molecule has 3 heterocycles. The molecule has 1 amide bonds. The number of nitrogens with zero attached hydrogens (tertiary/aromatic N) is 2. The van der Waals surface area contributed by atoms with Crippen molar-refractivity contribution in [3.05, 3.63) is 0 Å². The van der Waals surface area contributed by atoms with Gasteiger partial charge >= 0.3 is 6.09 Å². The summed E-state index contributed by atoms with van der Waals surface area (Å²) in [5, 5.41) is 3.39. The van der Waals surface area contributed by atoms with Crippen LogP contribution in [0.5, 0.6) is 0 Å². The molecule has 0 spiro atoms. The molecule has 0 aromatic heterocycles. The van der Waals surface area contributed by atoms with E-state index in [2.05, 4.69) is 10.3 Å². The zero-order valence-electron chi connectivity index (χ0n) is 12.4. The largest absolute Gasteiger partial charge is 0.472 e. The van der Waals surface area contributed by atoms with Gasteiger partial charge in [0.2, 0.25) is 5.90 Å². The lowest BCUT2D eigenvalue weighted by atomic mass is 10.2. The van der Waals surface area contributed by atoms with Gasteiger partial charge in [-0.05, 0) is 40.2 Å². The van der Waals surface area contributed by atoms with Crippen LogP contribution in [-0.2, 0) is 9.47 Å². The third-order valence-electron chi connectivity index (χ3n) is 3.81. The summed E-state index contributed by atoms with van der Waals surface area (Å²) in [7, 11) is 0. The highest BCUT2D eigenvalue weighted by Crippen LogP contribution is 2.26. The van der Waals surface area contributed by atoms with Gasteiger partial charge in [0.25, 0.3) is 0 Å². The van der Waals surface area contributed by atoms with Gasteiger partial charge < -0.3 is 19.7 Å². The lowest BCUT2D eigenvalue weighted by Crippen LogP contribution is -2.38. The number of rotatable bonds is 1. The van der Waals surface area contributed by atoms with Crippen LogP contribution in [0.4, 0.5) is 4.79 Å². The van der Waals surface area contributed by atoms with Crippen LogP contribution in [0, 0.1) is 0 Å². The average molecular weight is 281 g/mol. The van der Waals surface area contributed by atoms with Gasteiger partial charge in [-0.3, -0.25) is 0 Å². The smallest absolute Gasteiger partial charge is 0.410 e. The highest BCUT2D eigenvalue weighted by molar-refractivity contribution is 5.84. The van der Waals surface area contributed by atoms with Crippen molar-refractivity contribution in [2.24, 2.45) is 4.99 Å². The predicted molar refractivity (Wildman–Crippen MR) is 74.9 cm³/mol. The number of carbonyl (C=O) groups is 1. The fraction of sp³-hybridized carbons (Fsp3) is 0.857. The van der Waals surface area contributed by atoms with Gasteiger partial charge in [0, 0.05) is 0 Å². The average Bonchev–Trinajstić information content (AvgIpc) is 3.01. The second-order valence-corrected chi connectivity index (χ2v) is 6.73. The molecular formula is C14H23N3O3. The van der Waals surface area contributed by atoms with Crippen molar-refractivity contribution in [1.82, 2.24) is 10.2 Å². The van der Waals surface area contributed by atoms with Gasteiger partial charge in [0.15, 0.2) is 0 Å². The first-order valence-electron chi connectivity index (χ1n) is 7.38. The van der Waals surface area contributed by atoms with Crippen molar-refractivity contribution < 1.29 is 14.3 Å². The molecule has 0 bridgehead atoms. The Morgan fingerprint density at radius 1 is 1.45 bits per heavy atom. The van der Waals surface area contributed by atoms with Crippen LogP contribution in [0.2, 0.25) is 0 Å². The summed E-state index contributed by atoms with van der Waals surface area (Å²) in [6.07, 6.45) is 1.99. The van der Waals surface area contributed by atoms with Gasteiger partial charge in [-0.15, -0.1) is 0 Å². The Morgan fingerprint density at radius 3 is 2.85 bits per heavy atom. The zero-order chi connectivity index (χ0) is 14.3. The number of likely N-dealkylation sites (tertiary alicyclic amines) is 1. The number of hydrogen-bond donors (Lipinski definition) is 1. The Hall–Kier alpha value is -1.30.